The summed E-state index contributed by atoms with van der Waals surface area (Å²) in [5.74, 6) is 1.30. The maximum atomic E-state index is 5.74. The van der Waals surface area contributed by atoms with E-state index in [0.717, 1.165) is 13.2 Å². The molecule has 2 heterocycles. The van der Waals surface area contributed by atoms with Crippen LogP contribution in [0.4, 0.5) is 0 Å². The van der Waals surface area contributed by atoms with Gasteiger partial charge in [-0.15, -0.1) is 0 Å². The Morgan fingerprint density at radius 1 is 0.833 bits per heavy atom. The van der Waals surface area contributed by atoms with E-state index in [1.165, 1.54) is 13.0 Å². The highest BCUT2D eigenvalue weighted by Gasteiger charge is 2.34. The minimum Gasteiger partial charge on any atom is -0.363 e. The molecule has 2 saturated heterocycles. The molecule has 0 N–H and O–H groups in total. The van der Waals surface area contributed by atoms with Crippen LogP contribution in [0.25, 0.3) is 0 Å². The molecule has 0 amide bonds. The summed E-state index contributed by atoms with van der Waals surface area (Å²) in [6, 6.07) is 1.81. The van der Waals surface area contributed by atoms with E-state index in [1.807, 2.05) is 0 Å². The number of nitrogens with zero attached hydrogens (tertiary/aromatic N) is 2. The van der Waals surface area contributed by atoms with Crippen LogP contribution in [-0.4, -0.2) is 60.1 Å². The standard InChI is InChI=1S/2C10H21NO/c1-7(2)10-6-12-9(5)11(10)8(3)4;1-8(2)10-11(9(3)4)6-5-7-12-10/h7-10H,6H2,1-5H3;8-10H,5-7H2,1-4H3/t9-,10?;/m0./s1. The number of ether oxygens (including phenoxy) is 2. The molecule has 0 aromatic carbocycles. The van der Waals surface area contributed by atoms with Gasteiger partial charge < -0.3 is 9.47 Å². The van der Waals surface area contributed by atoms with Crippen LogP contribution in [0.1, 0.15) is 68.7 Å². The number of hydrogen-bond donors (Lipinski definition) is 0. The molecular formula is C20H42N2O2. The van der Waals surface area contributed by atoms with Crippen LogP contribution in [-0.2, 0) is 9.47 Å². The zero-order valence-electron chi connectivity index (χ0n) is 17.6. The first kappa shape index (κ1) is 21.9. The van der Waals surface area contributed by atoms with Crippen LogP contribution in [0.5, 0.6) is 0 Å². The molecule has 0 saturated carbocycles. The van der Waals surface area contributed by atoms with E-state index in [2.05, 4.69) is 72.1 Å². The Morgan fingerprint density at radius 2 is 1.46 bits per heavy atom. The maximum Gasteiger partial charge on any atom is 0.113 e. The third-order valence-corrected chi connectivity index (χ3v) is 5.09. The van der Waals surface area contributed by atoms with Gasteiger partial charge in [-0.1, -0.05) is 27.7 Å². The van der Waals surface area contributed by atoms with Crippen molar-refractivity contribution in [3.63, 3.8) is 0 Å². The van der Waals surface area contributed by atoms with Gasteiger partial charge >= 0.3 is 0 Å². The van der Waals surface area contributed by atoms with E-state index in [0.29, 0.717) is 42.4 Å². The summed E-state index contributed by atoms with van der Waals surface area (Å²) in [5, 5.41) is 0. The highest BCUT2D eigenvalue weighted by molar-refractivity contribution is 4.83. The predicted octanol–water partition coefficient (Wildman–Crippen LogP) is 4.20. The third kappa shape index (κ3) is 5.98. The molecule has 2 rings (SSSR count). The second-order valence-corrected chi connectivity index (χ2v) is 8.48. The van der Waals surface area contributed by atoms with Crippen molar-refractivity contribution in [1.29, 1.82) is 0 Å². The predicted molar refractivity (Wildman–Crippen MR) is 102 cm³/mol. The van der Waals surface area contributed by atoms with Gasteiger partial charge in [0.2, 0.25) is 0 Å². The van der Waals surface area contributed by atoms with Crippen molar-refractivity contribution >= 4 is 0 Å². The molecule has 4 heteroatoms. The van der Waals surface area contributed by atoms with Gasteiger partial charge in [0.15, 0.2) is 0 Å². The molecule has 144 valence electrons. The molecule has 0 spiro atoms. The first-order valence-electron chi connectivity index (χ1n) is 9.93. The highest BCUT2D eigenvalue weighted by Crippen LogP contribution is 2.24. The Hall–Kier alpha value is -0.160. The zero-order chi connectivity index (χ0) is 18.4. The third-order valence-electron chi connectivity index (χ3n) is 5.09. The largest absolute Gasteiger partial charge is 0.363 e. The maximum absolute atomic E-state index is 5.74. The van der Waals surface area contributed by atoms with E-state index in [4.69, 9.17) is 9.47 Å². The molecule has 2 fully saturated rings. The monoisotopic (exact) mass is 342 g/mol. The lowest BCUT2D eigenvalue weighted by molar-refractivity contribution is -0.130. The van der Waals surface area contributed by atoms with Gasteiger partial charge in [0.25, 0.3) is 0 Å². The Bertz CT molecular complexity index is 318. The van der Waals surface area contributed by atoms with Crippen molar-refractivity contribution in [2.75, 3.05) is 19.8 Å². The summed E-state index contributed by atoms with van der Waals surface area (Å²) < 4.78 is 11.4. The van der Waals surface area contributed by atoms with Crippen LogP contribution in [0.2, 0.25) is 0 Å². The summed E-state index contributed by atoms with van der Waals surface area (Å²) >= 11 is 0. The smallest absolute Gasteiger partial charge is 0.113 e. The fourth-order valence-electron chi connectivity index (χ4n) is 3.82. The molecule has 24 heavy (non-hydrogen) atoms. The summed E-state index contributed by atoms with van der Waals surface area (Å²) in [4.78, 5) is 4.92. The molecule has 0 radical (unpaired) electrons. The molecule has 0 aliphatic carbocycles. The van der Waals surface area contributed by atoms with E-state index >= 15 is 0 Å². The molecule has 2 aliphatic heterocycles. The Morgan fingerprint density at radius 3 is 1.83 bits per heavy atom. The molecule has 0 aromatic rings. The Balaban J connectivity index is 0.000000240. The molecule has 3 atom stereocenters. The molecule has 0 aromatic heterocycles. The van der Waals surface area contributed by atoms with Crippen molar-refractivity contribution in [3.8, 4) is 0 Å². The van der Waals surface area contributed by atoms with Gasteiger partial charge in [-0.25, -0.2) is 0 Å². The molecule has 0 bridgehead atoms. The second-order valence-electron chi connectivity index (χ2n) is 8.48. The van der Waals surface area contributed by atoms with E-state index in [-0.39, 0.29) is 0 Å². The summed E-state index contributed by atoms with van der Waals surface area (Å²) in [6.07, 6.45) is 1.83. The van der Waals surface area contributed by atoms with Gasteiger partial charge in [0.05, 0.1) is 6.61 Å². The SMILES string of the molecule is CC(C)C1CO[C@@H](C)N1C(C)C.CC(C)C1OCCCN1C(C)C. The fourth-order valence-corrected chi connectivity index (χ4v) is 3.82. The van der Waals surface area contributed by atoms with E-state index in [1.54, 1.807) is 0 Å². The average Bonchev–Trinajstić information content (AvgIpc) is 2.90. The molecule has 4 nitrogen and oxygen atoms in total. The van der Waals surface area contributed by atoms with Crippen molar-refractivity contribution in [1.82, 2.24) is 9.80 Å². The first-order valence-corrected chi connectivity index (χ1v) is 9.93. The topological polar surface area (TPSA) is 24.9 Å². The van der Waals surface area contributed by atoms with Crippen molar-refractivity contribution < 1.29 is 9.47 Å². The lowest BCUT2D eigenvalue weighted by Crippen LogP contribution is -2.49. The van der Waals surface area contributed by atoms with Crippen LogP contribution >= 0.6 is 0 Å². The van der Waals surface area contributed by atoms with Crippen LogP contribution in [0.3, 0.4) is 0 Å². The van der Waals surface area contributed by atoms with Gasteiger partial charge in [0.1, 0.15) is 12.5 Å². The second kappa shape index (κ2) is 10.1. The number of hydrogen-bond acceptors (Lipinski definition) is 4. The Labute approximate surface area is 150 Å². The van der Waals surface area contributed by atoms with Crippen LogP contribution in [0, 0.1) is 11.8 Å². The van der Waals surface area contributed by atoms with Crippen molar-refractivity contribution in [2.24, 2.45) is 11.8 Å². The van der Waals surface area contributed by atoms with Crippen molar-refractivity contribution in [2.45, 2.75) is 99.3 Å². The minimum atomic E-state index is 0.303. The Kier molecular flexibility index (Phi) is 9.21. The number of rotatable bonds is 4. The molecular weight excluding hydrogens is 300 g/mol. The molecule has 2 aliphatic rings. The first-order chi connectivity index (χ1) is 11.2. The fraction of sp³-hybridized carbons (Fsp3) is 1.00. The van der Waals surface area contributed by atoms with Crippen LogP contribution in [0.15, 0.2) is 0 Å². The van der Waals surface area contributed by atoms with E-state index < -0.39 is 0 Å². The average molecular weight is 343 g/mol. The lowest BCUT2D eigenvalue weighted by atomic mass is 10.0. The van der Waals surface area contributed by atoms with Gasteiger partial charge in [-0.05, 0) is 52.9 Å². The lowest BCUT2D eigenvalue weighted by Gasteiger charge is -2.40. The van der Waals surface area contributed by atoms with E-state index in [9.17, 15) is 0 Å². The molecule has 2 unspecified atom stereocenters. The van der Waals surface area contributed by atoms with Gasteiger partial charge in [-0.3, -0.25) is 9.80 Å². The van der Waals surface area contributed by atoms with Gasteiger partial charge in [0, 0.05) is 31.3 Å². The van der Waals surface area contributed by atoms with Crippen molar-refractivity contribution in [3.05, 3.63) is 0 Å². The van der Waals surface area contributed by atoms with Gasteiger partial charge in [-0.2, -0.15) is 0 Å². The zero-order valence-corrected chi connectivity index (χ0v) is 17.6. The summed E-state index contributed by atoms with van der Waals surface area (Å²) in [7, 11) is 0. The quantitative estimate of drug-likeness (QED) is 0.764. The summed E-state index contributed by atoms with van der Waals surface area (Å²) in [6.45, 7) is 23.1. The van der Waals surface area contributed by atoms with Crippen LogP contribution < -0.4 is 0 Å². The minimum absolute atomic E-state index is 0.303. The highest BCUT2D eigenvalue weighted by atomic mass is 16.5. The summed E-state index contributed by atoms with van der Waals surface area (Å²) in [5.41, 5.74) is 0. The normalized spacial score (nSPS) is 29.6.